The third-order valence-corrected chi connectivity index (χ3v) is 3.21. The van der Waals surface area contributed by atoms with Crippen molar-refractivity contribution in [3.05, 3.63) is 15.9 Å². The Kier molecular flexibility index (Phi) is 3.26. The molecule has 0 aliphatic rings. The normalized spacial score (nSPS) is 9.85. The van der Waals surface area contributed by atoms with Crippen LogP contribution in [0.1, 0.15) is 10.4 Å². The molecule has 0 saturated carbocycles. The molecule has 0 unspecified atom stereocenters. The van der Waals surface area contributed by atoms with Gasteiger partial charge in [-0.3, -0.25) is 9.17 Å². The predicted octanol–water partition coefficient (Wildman–Crippen LogP) is 0.426. The fourth-order valence-electron chi connectivity index (χ4n) is 0.683. The molecule has 0 bridgehead atoms. The lowest BCUT2D eigenvalue weighted by molar-refractivity contribution is -0.105. The first-order chi connectivity index (χ1) is 6.16. The Morgan fingerprint density at radius 3 is 2.92 bits per heavy atom. The fraction of sp³-hybridized carbons (Fsp3) is 0.167. The zero-order chi connectivity index (χ0) is 9.84. The van der Waals surface area contributed by atoms with E-state index in [1.807, 2.05) is 0 Å². The summed E-state index contributed by atoms with van der Waals surface area (Å²) in [5.41, 5.74) is -0.900. The first kappa shape index (κ1) is 10.0. The number of H-pyrrole nitrogens is 1. The maximum Gasteiger partial charge on any atom is 0.343 e. The van der Waals surface area contributed by atoms with Crippen molar-refractivity contribution in [2.75, 3.05) is 5.75 Å². The van der Waals surface area contributed by atoms with Crippen LogP contribution in [0.5, 0.6) is 0 Å². The molecular formula is C6H5NO4S2. The number of rotatable bonds is 4. The van der Waals surface area contributed by atoms with Gasteiger partial charge in [-0.05, 0) is 0 Å². The average molecular weight is 219 g/mol. The van der Waals surface area contributed by atoms with E-state index >= 15 is 0 Å². The molecule has 7 heteroatoms. The van der Waals surface area contributed by atoms with Gasteiger partial charge in [-0.1, -0.05) is 11.5 Å². The zero-order valence-electron chi connectivity index (χ0n) is 6.27. The van der Waals surface area contributed by atoms with E-state index in [4.69, 9.17) is 5.11 Å². The topological polar surface area (TPSA) is 87.2 Å². The van der Waals surface area contributed by atoms with Gasteiger partial charge in [0.1, 0.15) is 6.29 Å². The van der Waals surface area contributed by atoms with Crippen molar-refractivity contribution in [2.45, 2.75) is 4.21 Å². The van der Waals surface area contributed by atoms with Gasteiger partial charge >= 0.3 is 5.97 Å². The van der Waals surface area contributed by atoms with Crippen molar-refractivity contribution in [3.63, 3.8) is 0 Å². The number of thioether (sulfide) groups is 1. The lowest BCUT2D eigenvalue weighted by Crippen LogP contribution is -2.11. The molecule has 1 heterocycles. The Morgan fingerprint density at radius 1 is 1.69 bits per heavy atom. The van der Waals surface area contributed by atoms with Crippen molar-refractivity contribution >= 4 is 35.5 Å². The van der Waals surface area contributed by atoms with Gasteiger partial charge in [0.2, 0.25) is 0 Å². The second-order valence-electron chi connectivity index (χ2n) is 1.98. The minimum Gasteiger partial charge on any atom is -0.477 e. The van der Waals surface area contributed by atoms with Gasteiger partial charge in [0.15, 0.2) is 5.56 Å². The van der Waals surface area contributed by atoms with Crippen LogP contribution in [0.15, 0.2) is 9.00 Å². The minimum absolute atomic E-state index is 0.147. The number of carboxylic acids is 1. The molecule has 0 aromatic carbocycles. The highest BCUT2D eigenvalue weighted by atomic mass is 32.2. The Bertz CT molecular complexity index is 380. The number of aromatic amines is 1. The highest BCUT2D eigenvalue weighted by Crippen LogP contribution is 2.23. The summed E-state index contributed by atoms with van der Waals surface area (Å²) < 4.78 is 2.63. The Labute approximate surface area is 80.9 Å². The van der Waals surface area contributed by atoms with E-state index in [1.54, 1.807) is 0 Å². The molecule has 1 aromatic heterocycles. The van der Waals surface area contributed by atoms with Crippen molar-refractivity contribution in [1.29, 1.82) is 0 Å². The van der Waals surface area contributed by atoms with Crippen molar-refractivity contribution < 1.29 is 14.7 Å². The number of hydrogen-bond donors (Lipinski definition) is 2. The summed E-state index contributed by atoms with van der Waals surface area (Å²) in [6, 6.07) is 0. The maximum atomic E-state index is 10.9. The largest absolute Gasteiger partial charge is 0.477 e. The SMILES string of the molecule is O=CCSc1s[nH]c(=O)c1C(=O)O. The first-order valence-electron chi connectivity index (χ1n) is 3.18. The number of carbonyl (C=O) groups excluding carboxylic acids is 1. The summed E-state index contributed by atoms with van der Waals surface area (Å²) in [6.07, 6.45) is 0.653. The smallest absolute Gasteiger partial charge is 0.343 e. The number of aldehydes is 1. The van der Waals surface area contributed by atoms with Gasteiger partial charge in [-0.25, -0.2) is 4.79 Å². The van der Waals surface area contributed by atoms with Crippen LogP contribution in [0, 0.1) is 0 Å². The summed E-state index contributed by atoms with van der Waals surface area (Å²) >= 11 is 1.96. The average Bonchev–Trinajstić information content (AvgIpc) is 2.43. The summed E-state index contributed by atoms with van der Waals surface area (Å²) in [6.45, 7) is 0. The monoisotopic (exact) mass is 219 g/mol. The minimum atomic E-state index is -1.27. The third kappa shape index (κ3) is 2.19. The van der Waals surface area contributed by atoms with E-state index in [-0.39, 0.29) is 11.3 Å². The summed E-state index contributed by atoms with van der Waals surface area (Å²) in [5, 5.41) is 8.62. The molecule has 5 nitrogen and oxygen atoms in total. The highest BCUT2D eigenvalue weighted by molar-refractivity contribution is 8.01. The van der Waals surface area contributed by atoms with E-state index in [0.29, 0.717) is 10.5 Å². The molecule has 2 N–H and O–H groups in total. The number of nitrogens with one attached hydrogen (secondary N) is 1. The van der Waals surface area contributed by atoms with Crippen LogP contribution in [-0.4, -0.2) is 27.5 Å². The van der Waals surface area contributed by atoms with Crippen LogP contribution in [0.4, 0.5) is 0 Å². The van der Waals surface area contributed by atoms with Crippen molar-refractivity contribution in [2.24, 2.45) is 0 Å². The molecule has 70 valence electrons. The van der Waals surface area contributed by atoms with E-state index in [2.05, 4.69) is 4.37 Å². The molecule has 1 rings (SSSR count). The number of hydrogen-bond acceptors (Lipinski definition) is 5. The second-order valence-corrected chi connectivity index (χ2v) is 4.08. The molecule has 0 spiro atoms. The molecule has 0 aliphatic carbocycles. The lowest BCUT2D eigenvalue weighted by Gasteiger charge is -1.91. The Balaban J connectivity index is 3.00. The van der Waals surface area contributed by atoms with Gasteiger partial charge in [-0.15, -0.1) is 11.8 Å². The van der Waals surface area contributed by atoms with E-state index < -0.39 is 11.5 Å². The van der Waals surface area contributed by atoms with Crippen molar-refractivity contribution in [3.8, 4) is 0 Å². The van der Waals surface area contributed by atoms with E-state index in [1.165, 1.54) is 0 Å². The molecule has 0 fully saturated rings. The van der Waals surface area contributed by atoms with E-state index in [9.17, 15) is 14.4 Å². The van der Waals surface area contributed by atoms with Crippen LogP contribution in [0.2, 0.25) is 0 Å². The van der Waals surface area contributed by atoms with E-state index in [0.717, 1.165) is 23.3 Å². The van der Waals surface area contributed by atoms with Gasteiger partial charge in [0.25, 0.3) is 5.56 Å². The van der Waals surface area contributed by atoms with Crippen molar-refractivity contribution in [1.82, 2.24) is 4.37 Å². The first-order valence-corrected chi connectivity index (χ1v) is 4.98. The van der Waals surface area contributed by atoms with Gasteiger partial charge in [-0.2, -0.15) is 0 Å². The maximum absolute atomic E-state index is 10.9. The molecule has 1 aromatic rings. The second kappa shape index (κ2) is 4.24. The van der Waals surface area contributed by atoms with Crippen LogP contribution < -0.4 is 5.56 Å². The molecule has 13 heavy (non-hydrogen) atoms. The van der Waals surface area contributed by atoms with Crippen LogP contribution >= 0.6 is 23.3 Å². The molecular weight excluding hydrogens is 214 g/mol. The number of carbonyl (C=O) groups is 2. The number of aromatic nitrogens is 1. The standard InChI is InChI=1S/C6H5NO4S2/c8-1-2-12-6-3(5(10)11)4(9)7-13-6/h1H,2H2,(H,7,9)(H,10,11). The quantitative estimate of drug-likeness (QED) is 0.566. The van der Waals surface area contributed by atoms with Crippen LogP contribution in [0.3, 0.4) is 0 Å². The molecule has 0 radical (unpaired) electrons. The van der Waals surface area contributed by atoms with Gasteiger partial charge in [0, 0.05) is 0 Å². The van der Waals surface area contributed by atoms with Gasteiger partial charge in [0.05, 0.1) is 9.96 Å². The lowest BCUT2D eigenvalue weighted by atomic mass is 10.4. The predicted molar refractivity (Wildman–Crippen MR) is 48.7 cm³/mol. The molecule has 0 atom stereocenters. The Morgan fingerprint density at radius 2 is 2.38 bits per heavy atom. The Hall–Kier alpha value is -1.08. The number of carboxylic acid groups (broad SMARTS) is 1. The van der Waals surface area contributed by atoms with Crippen LogP contribution in [-0.2, 0) is 4.79 Å². The third-order valence-electron chi connectivity index (χ3n) is 1.16. The number of aromatic carboxylic acids is 1. The fourth-order valence-corrected chi connectivity index (χ4v) is 2.36. The highest BCUT2D eigenvalue weighted by Gasteiger charge is 2.17. The summed E-state index contributed by atoms with van der Waals surface area (Å²) in [7, 11) is 0. The summed E-state index contributed by atoms with van der Waals surface area (Å²) in [5.74, 6) is -1.12. The van der Waals surface area contributed by atoms with Gasteiger partial charge < -0.3 is 9.90 Å². The van der Waals surface area contributed by atoms with Crippen LogP contribution in [0.25, 0.3) is 0 Å². The molecule has 0 aliphatic heterocycles. The summed E-state index contributed by atoms with van der Waals surface area (Å²) in [4.78, 5) is 31.5. The zero-order valence-corrected chi connectivity index (χ0v) is 7.91. The molecule has 0 amide bonds. The molecule has 0 saturated heterocycles.